The first kappa shape index (κ1) is 11.9. The van der Waals surface area contributed by atoms with E-state index < -0.39 is 10.0 Å². The number of hydrogen-bond acceptors (Lipinski definition) is 4. The summed E-state index contributed by atoms with van der Waals surface area (Å²) < 4.78 is 28.3. The SMILES string of the molecule is CSC1=NS(=O)(=O)c2ccc(Br)cc2N1C. The summed E-state index contributed by atoms with van der Waals surface area (Å²) in [5.74, 6) is 0. The highest BCUT2D eigenvalue weighted by Crippen LogP contribution is 2.34. The summed E-state index contributed by atoms with van der Waals surface area (Å²) in [5, 5.41) is 0.477. The van der Waals surface area contributed by atoms with Gasteiger partial charge >= 0.3 is 0 Å². The zero-order valence-corrected chi connectivity index (χ0v) is 11.9. The highest BCUT2D eigenvalue weighted by atomic mass is 79.9. The molecule has 0 aliphatic carbocycles. The molecule has 0 N–H and O–H groups in total. The van der Waals surface area contributed by atoms with E-state index in [1.807, 2.05) is 0 Å². The average molecular weight is 321 g/mol. The second kappa shape index (κ2) is 4.05. The molecule has 0 spiro atoms. The predicted molar refractivity (Wildman–Crippen MR) is 70.7 cm³/mol. The molecule has 0 amide bonds. The smallest absolute Gasteiger partial charge is 0.286 e. The standard InChI is InChI=1S/C9H9BrN2O2S2/c1-12-7-5-6(10)3-4-8(7)16(13,14)11-9(12)15-2/h3-5H,1-2H3. The third-order valence-corrected chi connectivity index (χ3v) is 4.88. The predicted octanol–water partition coefficient (Wildman–Crippen LogP) is 2.31. The summed E-state index contributed by atoms with van der Waals surface area (Å²) in [4.78, 5) is 2.02. The van der Waals surface area contributed by atoms with Gasteiger partial charge in [-0.3, -0.25) is 0 Å². The summed E-state index contributed by atoms with van der Waals surface area (Å²) in [6.07, 6.45) is 1.80. The Morgan fingerprint density at radius 2 is 2.12 bits per heavy atom. The minimum absolute atomic E-state index is 0.246. The number of halogens is 1. The molecular weight excluding hydrogens is 312 g/mol. The first-order valence-electron chi connectivity index (χ1n) is 4.38. The van der Waals surface area contributed by atoms with Crippen LogP contribution in [-0.4, -0.2) is 26.9 Å². The molecule has 1 aromatic carbocycles. The summed E-state index contributed by atoms with van der Waals surface area (Å²) in [6, 6.07) is 5.04. The van der Waals surface area contributed by atoms with Gasteiger partial charge in [-0.1, -0.05) is 27.7 Å². The van der Waals surface area contributed by atoms with E-state index in [4.69, 9.17) is 0 Å². The van der Waals surface area contributed by atoms with Crippen molar-refractivity contribution >= 4 is 48.6 Å². The lowest BCUT2D eigenvalue weighted by atomic mass is 10.3. The maximum atomic E-state index is 11.9. The Morgan fingerprint density at radius 1 is 1.44 bits per heavy atom. The van der Waals surface area contributed by atoms with Crippen molar-refractivity contribution in [3.05, 3.63) is 22.7 Å². The minimum atomic E-state index is -3.55. The normalized spacial score (nSPS) is 17.9. The molecule has 16 heavy (non-hydrogen) atoms. The number of fused-ring (bicyclic) bond motifs is 1. The molecule has 1 heterocycles. The van der Waals surface area contributed by atoms with Gasteiger partial charge < -0.3 is 4.90 Å². The lowest BCUT2D eigenvalue weighted by Gasteiger charge is -2.25. The van der Waals surface area contributed by atoms with E-state index in [0.717, 1.165) is 4.47 Å². The van der Waals surface area contributed by atoms with Crippen LogP contribution in [0.4, 0.5) is 5.69 Å². The van der Waals surface area contributed by atoms with E-state index in [9.17, 15) is 8.42 Å². The second-order valence-corrected chi connectivity index (χ2v) is 6.49. The summed E-state index contributed by atoms with van der Waals surface area (Å²) in [7, 11) is -1.75. The molecule has 0 saturated heterocycles. The largest absolute Gasteiger partial charge is 0.322 e. The van der Waals surface area contributed by atoms with Crippen LogP contribution in [0.3, 0.4) is 0 Å². The molecule has 1 aliphatic heterocycles. The molecule has 2 rings (SSSR count). The van der Waals surface area contributed by atoms with Gasteiger partial charge in [-0.25, -0.2) is 0 Å². The Kier molecular flexibility index (Phi) is 3.02. The van der Waals surface area contributed by atoms with Crippen LogP contribution < -0.4 is 4.90 Å². The fourth-order valence-corrected chi connectivity index (χ4v) is 3.90. The zero-order valence-electron chi connectivity index (χ0n) is 8.64. The Morgan fingerprint density at radius 3 is 2.75 bits per heavy atom. The summed E-state index contributed by atoms with van der Waals surface area (Å²) in [6.45, 7) is 0. The van der Waals surface area contributed by atoms with Crippen LogP contribution in [0.25, 0.3) is 0 Å². The highest BCUT2D eigenvalue weighted by Gasteiger charge is 2.28. The van der Waals surface area contributed by atoms with Gasteiger partial charge in [0.15, 0.2) is 5.17 Å². The number of hydrogen-bond donors (Lipinski definition) is 0. The molecule has 0 radical (unpaired) electrons. The molecule has 0 atom stereocenters. The fraction of sp³-hybridized carbons (Fsp3) is 0.222. The third kappa shape index (κ3) is 1.87. The van der Waals surface area contributed by atoms with Gasteiger partial charge in [0.2, 0.25) is 0 Å². The van der Waals surface area contributed by atoms with E-state index in [1.165, 1.54) is 11.8 Å². The van der Waals surface area contributed by atoms with Gasteiger partial charge in [-0.2, -0.15) is 8.42 Å². The maximum Gasteiger partial charge on any atom is 0.286 e. The van der Waals surface area contributed by atoms with Crippen LogP contribution in [0.2, 0.25) is 0 Å². The van der Waals surface area contributed by atoms with E-state index in [1.54, 1.807) is 36.4 Å². The van der Waals surface area contributed by atoms with Crippen LogP contribution in [0.15, 0.2) is 32.0 Å². The van der Waals surface area contributed by atoms with E-state index >= 15 is 0 Å². The number of thioether (sulfide) groups is 1. The van der Waals surface area contributed by atoms with Crippen molar-refractivity contribution in [2.24, 2.45) is 4.40 Å². The van der Waals surface area contributed by atoms with Crippen LogP contribution in [0.1, 0.15) is 0 Å². The Bertz CT molecular complexity index is 569. The van der Waals surface area contributed by atoms with Crippen molar-refractivity contribution in [1.29, 1.82) is 0 Å². The lowest BCUT2D eigenvalue weighted by molar-refractivity contribution is 0.597. The topological polar surface area (TPSA) is 49.7 Å². The monoisotopic (exact) mass is 320 g/mol. The highest BCUT2D eigenvalue weighted by molar-refractivity contribution is 9.10. The van der Waals surface area contributed by atoms with Crippen LogP contribution >= 0.6 is 27.7 Å². The first-order valence-corrected chi connectivity index (χ1v) is 7.84. The molecule has 0 unspecified atom stereocenters. The van der Waals surface area contributed by atoms with Crippen molar-refractivity contribution in [2.75, 3.05) is 18.2 Å². The number of sulfonamides is 1. The lowest BCUT2D eigenvalue weighted by Crippen LogP contribution is -2.29. The Hall–Kier alpha value is -0.530. The third-order valence-electron chi connectivity index (χ3n) is 2.23. The molecule has 0 fully saturated rings. The van der Waals surface area contributed by atoms with E-state index in [2.05, 4.69) is 20.3 Å². The van der Waals surface area contributed by atoms with Crippen molar-refractivity contribution in [2.45, 2.75) is 4.90 Å². The number of nitrogens with zero attached hydrogens (tertiary/aromatic N) is 2. The van der Waals surface area contributed by atoms with Gasteiger partial charge in [0.05, 0.1) is 5.69 Å². The molecule has 0 aromatic heterocycles. The summed E-state index contributed by atoms with van der Waals surface area (Å²) in [5.41, 5.74) is 0.647. The number of amidine groups is 1. The second-order valence-electron chi connectivity index (χ2n) is 3.22. The molecule has 1 aromatic rings. The van der Waals surface area contributed by atoms with Gasteiger partial charge in [0.1, 0.15) is 4.90 Å². The molecule has 86 valence electrons. The number of anilines is 1. The van der Waals surface area contributed by atoms with Gasteiger partial charge in [0.25, 0.3) is 10.0 Å². The van der Waals surface area contributed by atoms with Crippen molar-refractivity contribution < 1.29 is 8.42 Å². The Balaban J connectivity index is 2.72. The first-order chi connectivity index (χ1) is 7.45. The molecule has 1 aliphatic rings. The minimum Gasteiger partial charge on any atom is -0.322 e. The van der Waals surface area contributed by atoms with Crippen molar-refractivity contribution in [1.82, 2.24) is 0 Å². The quantitative estimate of drug-likeness (QED) is 0.736. The average Bonchev–Trinajstić information content (AvgIpc) is 2.23. The molecule has 0 saturated carbocycles. The molecule has 4 nitrogen and oxygen atoms in total. The summed E-state index contributed by atoms with van der Waals surface area (Å²) >= 11 is 4.64. The fourth-order valence-electron chi connectivity index (χ4n) is 1.46. The van der Waals surface area contributed by atoms with Crippen molar-refractivity contribution in [3.63, 3.8) is 0 Å². The molecule has 0 bridgehead atoms. The Labute approximate surface area is 107 Å². The van der Waals surface area contributed by atoms with E-state index in [-0.39, 0.29) is 4.90 Å². The maximum absolute atomic E-state index is 11.9. The van der Waals surface area contributed by atoms with Gasteiger partial charge in [-0.15, -0.1) is 4.40 Å². The molecular formula is C9H9BrN2O2S2. The van der Waals surface area contributed by atoms with Crippen LogP contribution in [-0.2, 0) is 10.0 Å². The van der Waals surface area contributed by atoms with Crippen LogP contribution in [0, 0.1) is 0 Å². The van der Waals surface area contributed by atoms with Crippen molar-refractivity contribution in [3.8, 4) is 0 Å². The van der Waals surface area contributed by atoms with E-state index in [0.29, 0.717) is 10.9 Å². The number of rotatable bonds is 0. The van der Waals surface area contributed by atoms with Crippen LogP contribution in [0.5, 0.6) is 0 Å². The number of benzene rings is 1. The van der Waals surface area contributed by atoms with Gasteiger partial charge in [-0.05, 0) is 24.5 Å². The molecule has 7 heteroatoms. The zero-order chi connectivity index (χ0) is 11.9. The van der Waals surface area contributed by atoms with Gasteiger partial charge in [0, 0.05) is 11.5 Å².